The Morgan fingerprint density at radius 2 is 1.76 bits per heavy atom. The molecule has 0 amide bonds. The summed E-state index contributed by atoms with van der Waals surface area (Å²) in [6, 6.07) is 19.9. The van der Waals surface area contributed by atoms with Gasteiger partial charge in [-0.1, -0.05) is 55.1 Å². The molecule has 0 aliphatic heterocycles. The third kappa shape index (κ3) is 2.31. The summed E-state index contributed by atoms with van der Waals surface area (Å²) in [6.45, 7) is 3.74. The Bertz CT molecular complexity index is 823. The van der Waals surface area contributed by atoms with Crippen LogP contribution in [-0.2, 0) is 7.05 Å². The summed E-state index contributed by atoms with van der Waals surface area (Å²) in [6.07, 6.45) is -0.748. The zero-order valence-corrected chi connectivity index (χ0v) is 12.0. The van der Waals surface area contributed by atoms with Gasteiger partial charge in [-0.15, -0.1) is 5.73 Å². The van der Waals surface area contributed by atoms with Gasteiger partial charge >= 0.3 is 0 Å². The van der Waals surface area contributed by atoms with Crippen LogP contribution in [0.5, 0.6) is 0 Å². The van der Waals surface area contributed by atoms with Crippen LogP contribution in [0, 0.1) is 0 Å². The summed E-state index contributed by atoms with van der Waals surface area (Å²) < 4.78 is 2.01. The molecule has 0 saturated heterocycles. The maximum atomic E-state index is 10.8. The van der Waals surface area contributed by atoms with E-state index in [0.717, 1.165) is 22.2 Å². The number of fused-ring (bicyclic) bond motifs is 1. The van der Waals surface area contributed by atoms with Crippen molar-refractivity contribution in [2.45, 2.75) is 6.10 Å². The van der Waals surface area contributed by atoms with Crippen LogP contribution in [0.2, 0.25) is 0 Å². The lowest BCUT2D eigenvalue weighted by Gasteiger charge is -2.15. The first kappa shape index (κ1) is 13.4. The normalized spacial score (nSPS) is 12.1. The molecule has 2 aromatic carbocycles. The minimum atomic E-state index is -0.748. The molecule has 0 fully saturated rings. The monoisotopic (exact) mass is 275 g/mol. The molecule has 0 aliphatic carbocycles. The van der Waals surface area contributed by atoms with Crippen LogP contribution < -0.4 is 0 Å². The van der Waals surface area contributed by atoms with Gasteiger partial charge in [-0.05, 0) is 23.1 Å². The summed E-state index contributed by atoms with van der Waals surface area (Å²) in [5, 5.41) is 11.9. The largest absolute Gasteiger partial charge is 0.381 e. The molecule has 2 heteroatoms. The Balaban J connectivity index is 2.10. The zero-order valence-electron chi connectivity index (χ0n) is 12.0. The highest BCUT2D eigenvalue weighted by Gasteiger charge is 2.19. The number of rotatable bonds is 3. The van der Waals surface area contributed by atoms with Crippen molar-refractivity contribution in [1.29, 1.82) is 0 Å². The molecular formula is C19H17NO. The maximum absolute atomic E-state index is 10.8. The minimum Gasteiger partial charge on any atom is -0.381 e. The van der Waals surface area contributed by atoms with Gasteiger partial charge < -0.3 is 9.67 Å². The first-order chi connectivity index (χ1) is 10.2. The fourth-order valence-corrected chi connectivity index (χ4v) is 2.69. The van der Waals surface area contributed by atoms with E-state index >= 15 is 0 Å². The van der Waals surface area contributed by atoms with Crippen molar-refractivity contribution in [3.63, 3.8) is 0 Å². The fourth-order valence-electron chi connectivity index (χ4n) is 2.69. The summed E-state index contributed by atoms with van der Waals surface area (Å²) in [5.41, 5.74) is 6.46. The summed E-state index contributed by atoms with van der Waals surface area (Å²) in [4.78, 5) is 0. The van der Waals surface area contributed by atoms with Gasteiger partial charge in [0.2, 0.25) is 0 Å². The number of aliphatic hydroxyl groups is 1. The molecule has 21 heavy (non-hydrogen) atoms. The third-order valence-corrected chi connectivity index (χ3v) is 3.82. The fraction of sp³-hybridized carbons (Fsp3) is 0.105. The standard InChI is InChI=1S/C19H17NO/c1-3-16(14-9-5-4-6-10-14)19(21)18-13-15-11-7-8-12-17(15)20(18)2/h4-13,19,21H,1H2,2H3. The van der Waals surface area contributed by atoms with Gasteiger partial charge in [-0.3, -0.25) is 0 Å². The molecule has 3 rings (SSSR count). The highest BCUT2D eigenvalue weighted by atomic mass is 16.3. The van der Waals surface area contributed by atoms with Crippen LogP contribution in [-0.4, -0.2) is 9.67 Å². The average Bonchev–Trinajstić information content (AvgIpc) is 2.87. The minimum absolute atomic E-state index is 0.696. The smallest absolute Gasteiger partial charge is 0.127 e. The lowest BCUT2D eigenvalue weighted by Crippen LogP contribution is -2.06. The molecule has 0 radical (unpaired) electrons. The highest BCUT2D eigenvalue weighted by Crippen LogP contribution is 2.32. The van der Waals surface area contributed by atoms with Crippen LogP contribution >= 0.6 is 0 Å². The average molecular weight is 275 g/mol. The molecule has 0 spiro atoms. The zero-order chi connectivity index (χ0) is 14.8. The topological polar surface area (TPSA) is 25.2 Å². The van der Waals surface area contributed by atoms with E-state index in [0.29, 0.717) is 5.57 Å². The summed E-state index contributed by atoms with van der Waals surface area (Å²) in [5.74, 6) is 0. The van der Waals surface area contributed by atoms with E-state index in [1.54, 1.807) is 0 Å². The van der Waals surface area contributed by atoms with E-state index in [-0.39, 0.29) is 0 Å². The van der Waals surface area contributed by atoms with Crippen LogP contribution in [0.25, 0.3) is 16.5 Å². The van der Waals surface area contributed by atoms with Crippen molar-refractivity contribution in [3.05, 3.63) is 84.2 Å². The molecule has 0 aliphatic rings. The van der Waals surface area contributed by atoms with Gasteiger partial charge in [-0.2, -0.15) is 0 Å². The molecule has 1 heterocycles. The second-order valence-electron chi connectivity index (χ2n) is 5.05. The predicted molar refractivity (Wildman–Crippen MR) is 86.9 cm³/mol. The summed E-state index contributed by atoms with van der Waals surface area (Å²) >= 11 is 0. The third-order valence-electron chi connectivity index (χ3n) is 3.82. The van der Waals surface area contributed by atoms with Crippen molar-refractivity contribution >= 4 is 16.5 Å². The van der Waals surface area contributed by atoms with E-state index < -0.39 is 6.10 Å². The molecule has 104 valence electrons. The second-order valence-corrected chi connectivity index (χ2v) is 5.05. The molecule has 1 aromatic heterocycles. The first-order valence-electron chi connectivity index (χ1n) is 6.90. The highest BCUT2D eigenvalue weighted by molar-refractivity contribution is 5.82. The first-order valence-corrected chi connectivity index (χ1v) is 6.90. The summed E-state index contributed by atoms with van der Waals surface area (Å²) in [7, 11) is 1.96. The Hall–Kier alpha value is -2.54. The van der Waals surface area contributed by atoms with Gasteiger partial charge in [0.05, 0.1) is 5.69 Å². The number of hydrogen-bond acceptors (Lipinski definition) is 1. The van der Waals surface area contributed by atoms with Gasteiger partial charge in [0.25, 0.3) is 0 Å². The van der Waals surface area contributed by atoms with E-state index in [1.165, 1.54) is 0 Å². The van der Waals surface area contributed by atoms with Crippen molar-refractivity contribution in [3.8, 4) is 0 Å². The maximum Gasteiger partial charge on any atom is 0.127 e. The molecule has 1 N–H and O–H groups in total. The Kier molecular flexibility index (Phi) is 3.49. The Morgan fingerprint density at radius 3 is 2.43 bits per heavy atom. The molecular weight excluding hydrogens is 258 g/mol. The van der Waals surface area contributed by atoms with Crippen LogP contribution in [0.4, 0.5) is 0 Å². The quantitative estimate of drug-likeness (QED) is 0.716. The van der Waals surface area contributed by atoms with Gasteiger partial charge in [0.15, 0.2) is 0 Å². The van der Waals surface area contributed by atoms with E-state index in [1.807, 2.05) is 72.3 Å². The SMILES string of the molecule is C=C=C(c1ccccc1)C(O)c1cc2ccccc2n1C. The van der Waals surface area contributed by atoms with Crippen molar-refractivity contribution in [2.75, 3.05) is 0 Å². The van der Waals surface area contributed by atoms with Gasteiger partial charge in [-0.25, -0.2) is 0 Å². The van der Waals surface area contributed by atoms with Crippen LogP contribution in [0.15, 0.2) is 73.0 Å². The van der Waals surface area contributed by atoms with Crippen molar-refractivity contribution in [1.82, 2.24) is 4.57 Å². The second kappa shape index (κ2) is 5.45. The Labute approximate surface area is 124 Å². The Morgan fingerprint density at radius 1 is 1.10 bits per heavy atom. The molecule has 1 unspecified atom stereocenters. The molecule has 1 atom stereocenters. The molecule has 2 nitrogen and oxygen atoms in total. The molecule has 0 saturated carbocycles. The van der Waals surface area contributed by atoms with E-state index in [2.05, 4.69) is 12.3 Å². The van der Waals surface area contributed by atoms with Crippen molar-refractivity contribution in [2.24, 2.45) is 7.05 Å². The van der Waals surface area contributed by atoms with E-state index in [4.69, 9.17) is 0 Å². The van der Waals surface area contributed by atoms with Gasteiger partial charge in [0.1, 0.15) is 6.10 Å². The van der Waals surface area contributed by atoms with Crippen molar-refractivity contribution < 1.29 is 5.11 Å². The molecule has 3 aromatic rings. The number of hydrogen-bond donors (Lipinski definition) is 1. The number of para-hydroxylation sites is 1. The lowest BCUT2D eigenvalue weighted by atomic mass is 9.99. The molecule has 0 bridgehead atoms. The number of aliphatic hydroxyl groups excluding tert-OH is 1. The predicted octanol–water partition coefficient (Wildman–Crippen LogP) is 4.08. The number of nitrogens with zero attached hydrogens (tertiary/aromatic N) is 1. The number of aromatic nitrogens is 1. The number of aryl methyl sites for hydroxylation is 1. The van der Waals surface area contributed by atoms with E-state index in [9.17, 15) is 5.11 Å². The number of benzene rings is 2. The van der Waals surface area contributed by atoms with Crippen LogP contribution in [0.3, 0.4) is 0 Å². The van der Waals surface area contributed by atoms with Crippen LogP contribution in [0.1, 0.15) is 17.4 Å². The van der Waals surface area contributed by atoms with Gasteiger partial charge in [0, 0.05) is 18.1 Å². The lowest BCUT2D eigenvalue weighted by molar-refractivity contribution is 0.230.